The number of imide groups is 1. The summed E-state index contributed by atoms with van der Waals surface area (Å²) in [7, 11) is 1.38. The molecule has 2 N–H and O–H groups in total. The van der Waals surface area contributed by atoms with E-state index in [0.29, 0.717) is 4.47 Å². The highest BCUT2D eigenvalue weighted by molar-refractivity contribution is 9.10. The summed E-state index contributed by atoms with van der Waals surface area (Å²) in [6, 6.07) is 3.55. The monoisotopic (exact) mass is 318 g/mol. The van der Waals surface area contributed by atoms with E-state index in [0.717, 1.165) is 0 Å². The second-order valence-electron chi connectivity index (χ2n) is 3.40. The first-order chi connectivity index (χ1) is 8.43. The van der Waals surface area contributed by atoms with Gasteiger partial charge in [-0.15, -0.1) is 0 Å². The standard InChI is InChI=1S/C11H12BrFN2O3/c1-6(10(16)15-11(17)14-2)18-9-4-3-7(12)5-8(9)13/h3-6H,1-2H3,(H2,14,15,16,17)/t6-/m0/s1. The lowest BCUT2D eigenvalue weighted by Gasteiger charge is -2.14. The van der Waals surface area contributed by atoms with Gasteiger partial charge in [0.1, 0.15) is 0 Å². The Morgan fingerprint density at radius 3 is 2.67 bits per heavy atom. The van der Waals surface area contributed by atoms with E-state index in [-0.39, 0.29) is 5.75 Å². The van der Waals surface area contributed by atoms with E-state index in [4.69, 9.17) is 4.74 Å². The van der Waals surface area contributed by atoms with Crippen LogP contribution in [0.1, 0.15) is 6.92 Å². The smallest absolute Gasteiger partial charge is 0.321 e. The van der Waals surface area contributed by atoms with Crippen molar-refractivity contribution in [2.75, 3.05) is 7.05 Å². The van der Waals surface area contributed by atoms with Crippen LogP contribution in [0.4, 0.5) is 9.18 Å². The number of hydrogen-bond donors (Lipinski definition) is 2. The topological polar surface area (TPSA) is 67.4 Å². The fourth-order valence-electron chi connectivity index (χ4n) is 1.09. The Kier molecular flexibility index (Phi) is 5.08. The molecule has 0 aliphatic rings. The van der Waals surface area contributed by atoms with Crippen molar-refractivity contribution >= 4 is 27.9 Å². The molecule has 1 aromatic carbocycles. The van der Waals surface area contributed by atoms with Crippen molar-refractivity contribution in [1.82, 2.24) is 10.6 Å². The summed E-state index contributed by atoms with van der Waals surface area (Å²) in [6.07, 6.45) is -0.988. The average Bonchev–Trinajstić information content (AvgIpc) is 2.32. The Bertz CT molecular complexity index is 468. The van der Waals surface area contributed by atoms with Gasteiger partial charge in [0.15, 0.2) is 17.7 Å². The molecule has 1 atom stereocenters. The molecule has 7 heteroatoms. The number of nitrogens with one attached hydrogen (secondary N) is 2. The van der Waals surface area contributed by atoms with Crippen LogP contribution in [0.3, 0.4) is 0 Å². The second-order valence-corrected chi connectivity index (χ2v) is 4.32. The van der Waals surface area contributed by atoms with Gasteiger partial charge in [0.25, 0.3) is 5.91 Å². The van der Waals surface area contributed by atoms with E-state index >= 15 is 0 Å². The first kappa shape index (κ1) is 14.4. The maximum atomic E-state index is 13.4. The first-order valence-corrected chi connectivity index (χ1v) is 5.87. The Labute approximate surface area is 112 Å². The zero-order valence-electron chi connectivity index (χ0n) is 9.79. The van der Waals surface area contributed by atoms with Gasteiger partial charge in [0, 0.05) is 11.5 Å². The minimum atomic E-state index is -0.988. The van der Waals surface area contributed by atoms with Gasteiger partial charge in [-0.1, -0.05) is 15.9 Å². The Morgan fingerprint density at radius 1 is 1.44 bits per heavy atom. The SMILES string of the molecule is CNC(=O)NC(=O)[C@H](C)Oc1ccc(Br)cc1F. The van der Waals surface area contributed by atoms with Gasteiger partial charge in [-0.3, -0.25) is 10.1 Å². The molecule has 18 heavy (non-hydrogen) atoms. The van der Waals surface area contributed by atoms with Crippen molar-refractivity contribution in [1.29, 1.82) is 0 Å². The molecule has 5 nitrogen and oxygen atoms in total. The van der Waals surface area contributed by atoms with E-state index in [1.165, 1.54) is 26.1 Å². The molecule has 0 aliphatic carbocycles. The molecule has 0 fully saturated rings. The zero-order valence-corrected chi connectivity index (χ0v) is 11.4. The summed E-state index contributed by atoms with van der Waals surface area (Å²) >= 11 is 3.11. The van der Waals surface area contributed by atoms with Gasteiger partial charge in [-0.25, -0.2) is 9.18 Å². The molecule has 0 heterocycles. The van der Waals surface area contributed by atoms with E-state index in [9.17, 15) is 14.0 Å². The Balaban J connectivity index is 2.66. The van der Waals surface area contributed by atoms with Crippen molar-refractivity contribution in [3.63, 3.8) is 0 Å². The van der Waals surface area contributed by atoms with Gasteiger partial charge >= 0.3 is 6.03 Å². The number of halogens is 2. The van der Waals surface area contributed by atoms with Crippen LogP contribution in [0.5, 0.6) is 5.75 Å². The van der Waals surface area contributed by atoms with Crippen LogP contribution in [0.2, 0.25) is 0 Å². The van der Waals surface area contributed by atoms with E-state index in [1.54, 1.807) is 6.07 Å². The fourth-order valence-corrected chi connectivity index (χ4v) is 1.42. The summed E-state index contributed by atoms with van der Waals surface area (Å²) in [5.74, 6) is -1.31. The van der Waals surface area contributed by atoms with Crippen LogP contribution in [0.25, 0.3) is 0 Å². The lowest BCUT2D eigenvalue weighted by atomic mass is 10.3. The van der Waals surface area contributed by atoms with Crippen LogP contribution < -0.4 is 15.4 Å². The molecule has 0 aromatic heterocycles. The highest BCUT2D eigenvalue weighted by atomic mass is 79.9. The van der Waals surface area contributed by atoms with Crippen LogP contribution in [-0.2, 0) is 4.79 Å². The molecule has 98 valence electrons. The molecule has 0 spiro atoms. The van der Waals surface area contributed by atoms with Gasteiger partial charge in [0.05, 0.1) is 0 Å². The molecule has 0 radical (unpaired) electrons. The summed E-state index contributed by atoms with van der Waals surface area (Å²) < 4.78 is 19.1. The van der Waals surface area contributed by atoms with Crippen molar-refractivity contribution in [3.05, 3.63) is 28.5 Å². The number of amides is 3. The summed E-state index contributed by atoms with van der Waals surface area (Å²) in [6.45, 7) is 1.42. The average molecular weight is 319 g/mol. The Morgan fingerprint density at radius 2 is 2.11 bits per heavy atom. The van der Waals surface area contributed by atoms with Crippen LogP contribution in [0, 0.1) is 5.82 Å². The lowest BCUT2D eigenvalue weighted by molar-refractivity contribution is -0.126. The maximum absolute atomic E-state index is 13.4. The van der Waals surface area contributed by atoms with E-state index in [1.807, 2.05) is 5.32 Å². The molecule has 3 amide bonds. The van der Waals surface area contributed by atoms with Crippen LogP contribution in [0.15, 0.2) is 22.7 Å². The number of hydrogen-bond acceptors (Lipinski definition) is 3. The predicted molar refractivity (Wildman–Crippen MR) is 66.8 cm³/mol. The van der Waals surface area contributed by atoms with Crippen LogP contribution >= 0.6 is 15.9 Å². The van der Waals surface area contributed by atoms with Crippen molar-refractivity contribution < 1.29 is 18.7 Å². The molecule has 1 rings (SSSR count). The number of rotatable bonds is 3. The number of urea groups is 1. The number of benzene rings is 1. The van der Waals surface area contributed by atoms with Gasteiger partial charge in [-0.2, -0.15) is 0 Å². The minimum Gasteiger partial charge on any atom is -0.478 e. The maximum Gasteiger partial charge on any atom is 0.321 e. The molecule has 0 aliphatic heterocycles. The Hall–Kier alpha value is -1.63. The highest BCUT2D eigenvalue weighted by Crippen LogP contribution is 2.22. The fraction of sp³-hybridized carbons (Fsp3) is 0.273. The number of ether oxygens (including phenoxy) is 1. The molecular weight excluding hydrogens is 307 g/mol. The van der Waals surface area contributed by atoms with Crippen molar-refractivity contribution in [3.8, 4) is 5.75 Å². The molecule has 1 aromatic rings. The van der Waals surface area contributed by atoms with Gasteiger partial charge in [0.2, 0.25) is 0 Å². The second kappa shape index (κ2) is 6.34. The van der Waals surface area contributed by atoms with Crippen molar-refractivity contribution in [2.45, 2.75) is 13.0 Å². The third-order valence-corrected chi connectivity index (χ3v) is 2.52. The highest BCUT2D eigenvalue weighted by Gasteiger charge is 2.18. The molecule has 0 saturated carbocycles. The number of carbonyl (C=O) groups excluding carboxylic acids is 2. The van der Waals surface area contributed by atoms with Crippen LogP contribution in [-0.4, -0.2) is 25.1 Å². The summed E-state index contributed by atoms with van der Waals surface area (Å²) in [5, 5.41) is 4.26. The minimum absolute atomic E-state index is 0.0576. The van der Waals surface area contributed by atoms with Gasteiger partial charge in [-0.05, 0) is 25.1 Å². The molecular formula is C11H12BrFN2O3. The van der Waals surface area contributed by atoms with Gasteiger partial charge < -0.3 is 10.1 Å². The third-order valence-electron chi connectivity index (χ3n) is 2.03. The number of carbonyl (C=O) groups is 2. The third kappa shape index (κ3) is 3.99. The molecule has 0 saturated heterocycles. The molecule has 0 bridgehead atoms. The zero-order chi connectivity index (χ0) is 13.7. The van der Waals surface area contributed by atoms with Crippen molar-refractivity contribution in [2.24, 2.45) is 0 Å². The quantitative estimate of drug-likeness (QED) is 0.893. The lowest BCUT2D eigenvalue weighted by Crippen LogP contribution is -2.44. The normalized spacial score (nSPS) is 11.6. The largest absolute Gasteiger partial charge is 0.478 e. The first-order valence-electron chi connectivity index (χ1n) is 5.08. The summed E-state index contributed by atoms with van der Waals surface area (Å²) in [4.78, 5) is 22.4. The van der Waals surface area contributed by atoms with E-state index in [2.05, 4.69) is 21.2 Å². The summed E-state index contributed by atoms with van der Waals surface area (Å²) in [5.41, 5.74) is 0. The van der Waals surface area contributed by atoms with E-state index < -0.39 is 23.9 Å². The molecule has 0 unspecified atom stereocenters. The predicted octanol–water partition coefficient (Wildman–Crippen LogP) is 1.81.